The van der Waals surface area contributed by atoms with Gasteiger partial charge in [0.25, 0.3) is 5.91 Å². The number of carboxylic acids is 1. The number of hydrogen-bond acceptors (Lipinski definition) is 3. The average molecular weight is 293 g/mol. The second-order valence-corrected chi connectivity index (χ2v) is 4.80. The van der Waals surface area contributed by atoms with Gasteiger partial charge in [0.15, 0.2) is 0 Å². The van der Waals surface area contributed by atoms with Crippen molar-refractivity contribution in [3.63, 3.8) is 0 Å². The molecule has 5 nitrogen and oxygen atoms in total. The van der Waals surface area contributed by atoms with Crippen molar-refractivity contribution in [1.82, 2.24) is 5.32 Å². The summed E-state index contributed by atoms with van der Waals surface area (Å²) in [6.45, 7) is 1.12. The number of carbonyl (C=O) groups is 2. The van der Waals surface area contributed by atoms with Gasteiger partial charge >= 0.3 is 5.97 Å². The third-order valence-electron chi connectivity index (χ3n) is 3.15. The molecule has 0 radical (unpaired) electrons. The number of amides is 1. The molecule has 1 aliphatic heterocycles. The Labute approximate surface area is 121 Å². The molecule has 112 valence electrons. The van der Waals surface area contributed by atoms with Crippen molar-refractivity contribution in [3.05, 3.63) is 41.2 Å². The lowest BCUT2D eigenvalue weighted by Crippen LogP contribution is -2.40. The number of ether oxygens (including phenoxy) is 1. The third kappa shape index (κ3) is 4.39. The molecule has 0 saturated carbocycles. The monoisotopic (exact) mass is 293 g/mol. The first-order chi connectivity index (χ1) is 10.1. The minimum atomic E-state index is -1.12. The van der Waals surface area contributed by atoms with Crippen LogP contribution in [-0.4, -0.2) is 36.2 Å². The van der Waals surface area contributed by atoms with Gasteiger partial charge in [0.05, 0.1) is 18.2 Å². The van der Waals surface area contributed by atoms with E-state index in [4.69, 9.17) is 9.84 Å². The van der Waals surface area contributed by atoms with Crippen LogP contribution in [0.5, 0.6) is 0 Å². The summed E-state index contributed by atoms with van der Waals surface area (Å²) in [5.74, 6) is -2.29. The highest BCUT2D eigenvalue weighted by molar-refractivity contribution is 5.95. The van der Waals surface area contributed by atoms with Gasteiger partial charge in [0, 0.05) is 12.7 Å². The highest BCUT2D eigenvalue weighted by Gasteiger charge is 2.19. The maximum Gasteiger partial charge on any atom is 0.328 e. The van der Waals surface area contributed by atoms with Crippen LogP contribution in [0.15, 0.2) is 24.3 Å². The van der Waals surface area contributed by atoms with Crippen LogP contribution in [0.2, 0.25) is 0 Å². The zero-order valence-corrected chi connectivity index (χ0v) is 11.3. The van der Waals surface area contributed by atoms with E-state index in [2.05, 4.69) is 5.32 Å². The summed E-state index contributed by atoms with van der Waals surface area (Å²) in [6.07, 6.45) is 3.86. The van der Waals surface area contributed by atoms with E-state index >= 15 is 0 Å². The summed E-state index contributed by atoms with van der Waals surface area (Å²) in [6, 6.07) is 3.87. The summed E-state index contributed by atoms with van der Waals surface area (Å²) in [5, 5.41) is 11.2. The quantitative estimate of drug-likeness (QED) is 0.830. The number of rotatable bonds is 4. The molecule has 1 aliphatic rings. The minimum absolute atomic E-state index is 0.0620. The van der Waals surface area contributed by atoms with Gasteiger partial charge in [0.2, 0.25) is 0 Å². The molecular weight excluding hydrogens is 277 g/mol. The first-order valence-electron chi connectivity index (χ1n) is 6.65. The Morgan fingerprint density at radius 1 is 1.43 bits per heavy atom. The largest absolute Gasteiger partial charge is 0.478 e. The first kappa shape index (κ1) is 15.2. The Balaban J connectivity index is 2.05. The van der Waals surface area contributed by atoms with Crippen molar-refractivity contribution in [3.8, 4) is 0 Å². The van der Waals surface area contributed by atoms with Crippen molar-refractivity contribution in [2.45, 2.75) is 18.9 Å². The van der Waals surface area contributed by atoms with Gasteiger partial charge in [-0.1, -0.05) is 6.07 Å². The fourth-order valence-electron chi connectivity index (χ4n) is 2.10. The second kappa shape index (κ2) is 6.99. The van der Waals surface area contributed by atoms with Crippen LogP contribution in [0.4, 0.5) is 4.39 Å². The smallest absolute Gasteiger partial charge is 0.328 e. The zero-order chi connectivity index (χ0) is 15.2. The van der Waals surface area contributed by atoms with Gasteiger partial charge < -0.3 is 15.2 Å². The predicted octanol–water partition coefficient (Wildman–Crippen LogP) is 1.83. The van der Waals surface area contributed by atoms with E-state index in [1.54, 1.807) is 0 Å². The van der Waals surface area contributed by atoms with Crippen LogP contribution in [0.1, 0.15) is 28.8 Å². The lowest BCUT2D eigenvalue weighted by Gasteiger charge is -2.23. The maximum absolute atomic E-state index is 13.9. The highest BCUT2D eigenvalue weighted by atomic mass is 19.1. The number of benzene rings is 1. The van der Waals surface area contributed by atoms with E-state index in [0.29, 0.717) is 18.8 Å². The molecule has 1 aromatic carbocycles. The topological polar surface area (TPSA) is 75.6 Å². The van der Waals surface area contributed by atoms with Crippen molar-refractivity contribution in [2.75, 3.05) is 13.2 Å². The van der Waals surface area contributed by atoms with Crippen LogP contribution < -0.4 is 5.32 Å². The standard InChI is InChI=1S/C15H16FNO4/c16-13-8-10(4-6-14(18)19)3-5-12(13)15(20)17-11-2-1-7-21-9-11/h3-6,8,11H,1-2,7,9H2,(H,17,20)(H,18,19). The van der Waals surface area contributed by atoms with Crippen LogP contribution >= 0.6 is 0 Å². The van der Waals surface area contributed by atoms with E-state index in [1.807, 2.05) is 0 Å². The first-order valence-corrected chi connectivity index (χ1v) is 6.65. The summed E-state index contributed by atoms with van der Waals surface area (Å²) in [4.78, 5) is 22.4. The molecule has 0 aliphatic carbocycles. The molecule has 1 aromatic rings. The molecule has 1 unspecified atom stereocenters. The second-order valence-electron chi connectivity index (χ2n) is 4.80. The molecule has 2 rings (SSSR count). The molecular formula is C15H16FNO4. The van der Waals surface area contributed by atoms with Crippen LogP contribution in [0, 0.1) is 5.82 Å². The molecule has 0 bridgehead atoms. The summed E-state index contributed by atoms with van der Waals surface area (Å²) >= 11 is 0. The normalized spacial score (nSPS) is 18.6. The lowest BCUT2D eigenvalue weighted by atomic mass is 10.1. The number of carbonyl (C=O) groups excluding carboxylic acids is 1. The van der Waals surface area contributed by atoms with Crippen LogP contribution in [-0.2, 0) is 9.53 Å². The third-order valence-corrected chi connectivity index (χ3v) is 3.15. The van der Waals surface area contributed by atoms with Gasteiger partial charge in [-0.05, 0) is 36.6 Å². The van der Waals surface area contributed by atoms with Gasteiger partial charge in [-0.3, -0.25) is 4.79 Å². The summed E-state index contributed by atoms with van der Waals surface area (Å²) in [5.41, 5.74) is 0.320. The van der Waals surface area contributed by atoms with Gasteiger partial charge in [-0.2, -0.15) is 0 Å². The Morgan fingerprint density at radius 2 is 2.24 bits per heavy atom. The van der Waals surface area contributed by atoms with E-state index in [1.165, 1.54) is 18.2 Å². The Hall–Kier alpha value is -2.21. The molecule has 1 fully saturated rings. The van der Waals surface area contributed by atoms with Gasteiger partial charge in [-0.15, -0.1) is 0 Å². The molecule has 21 heavy (non-hydrogen) atoms. The van der Waals surface area contributed by atoms with Crippen molar-refractivity contribution >= 4 is 18.0 Å². The van der Waals surface area contributed by atoms with E-state index in [9.17, 15) is 14.0 Å². The fraction of sp³-hybridized carbons (Fsp3) is 0.333. The number of aliphatic carboxylic acids is 1. The zero-order valence-electron chi connectivity index (χ0n) is 11.3. The van der Waals surface area contributed by atoms with E-state index < -0.39 is 17.7 Å². The van der Waals surface area contributed by atoms with E-state index in [0.717, 1.165) is 25.0 Å². The van der Waals surface area contributed by atoms with Crippen molar-refractivity contribution in [1.29, 1.82) is 0 Å². The predicted molar refractivity (Wildman–Crippen MR) is 74.4 cm³/mol. The number of hydrogen-bond donors (Lipinski definition) is 2. The Bertz CT molecular complexity index is 565. The fourth-order valence-corrected chi connectivity index (χ4v) is 2.10. The molecule has 6 heteroatoms. The average Bonchev–Trinajstić information content (AvgIpc) is 2.46. The lowest BCUT2D eigenvalue weighted by molar-refractivity contribution is -0.131. The maximum atomic E-state index is 13.9. The molecule has 2 N–H and O–H groups in total. The Kier molecular flexibility index (Phi) is 5.05. The van der Waals surface area contributed by atoms with Crippen molar-refractivity contribution < 1.29 is 23.8 Å². The molecule has 0 aromatic heterocycles. The SMILES string of the molecule is O=C(O)C=Cc1ccc(C(=O)NC2CCCOC2)c(F)c1. The van der Waals surface area contributed by atoms with E-state index in [-0.39, 0.29) is 11.6 Å². The molecule has 1 saturated heterocycles. The van der Waals surface area contributed by atoms with Crippen LogP contribution in [0.3, 0.4) is 0 Å². The Morgan fingerprint density at radius 3 is 2.86 bits per heavy atom. The number of halogens is 1. The minimum Gasteiger partial charge on any atom is -0.478 e. The number of carboxylic acid groups (broad SMARTS) is 1. The van der Waals surface area contributed by atoms with Crippen LogP contribution in [0.25, 0.3) is 6.08 Å². The number of nitrogens with one attached hydrogen (secondary N) is 1. The van der Waals surface area contributed by atoms with Gasteiger partial charge in [0.1, 0.15) is 5.82 Å². The highest BCUT2D eigenvalue weighted by Crippen LogP contribution is 2.13. The van der Waals surface area contributed by atoms with Gasteiger partial charge in [-0.25, -0.2) is 9.18 Å². The molecule has 1 heterocycles. The van der Waals surface area contributed by atoms with Crippen molar-refractivity contribution in [2.24, 2.45) is 0 Å². The molecule has 1 amide bonds. The molecule has 0 spiro atoms. The summed E-state index contributed by atoms with van der Waals surface area (Å²) in [7, 11) is 0. The summed E-state index contributed by atoms with van der Waals surface area (Å²) < 4.78 is 19.2. The molecule has 1 atom stereocenters.